The molecule has 2 rings (SSSR count). The van der Waals surface area contributed by atoms with E-state index in [1.807, 2.05) is 6.92 Å². The summed E-state index contributed by atoms with van der Waals surface area (Å²) in [6.07, 6.45) is 5.13. The Kier molecular flexibility index (Phi) is 2.63. The summed E-state index contributed by atoms with van der Waals surface area (Å²) >= 11 is 0. The van der Waals surface area contributed by atoms with Crippen LogP contribution in [-0.2, 0) is 6.42 Å². The molecular weight excluding hydrogens is 184 g/mol. The maximum Gasteiger partial charge on any atom is 0.134 e. The standard InChI is InChI=1S/C14H16O/c1-4-6-11-12-9-10(3)7-8-14(12)15-13(11)5-2/h4,6-9H,5H2,1-3H3/b6-4-. The SMILES string of the molecule is C/C=C\c1c(CC)oc2ccc(C)cc12. The fourth-order valence-corrected chi connectivity index (χ4v) is 1.89. The molecule has 1 heterocycles. The van der Waals surface area contributed by atoms with Crippen LogP contribution in [0.2, 0.25) is 0 Å². The number of furan rings is 1. The monoisotopic (exact) mass is 200 g/mol. The van der Waals surface area contributed by atoms with Crippen molar-refractivity contribution in [2.75, 3.05) is 0 Å². The average molecular weight is 200 g/mol. The third kappa shape index (κ3) is 1.70. The number of hydrogen-bond donors (Lipinski definition) is 0. The minimum atomic E-state index is 0.938. The van der Waals surface area contributed by atoms with Crippen molar-refractivity contribution in [1.29, 1.82) is 0 Å². The summed E-state index contributed by atoms with van der Waals surface area (Å²) in [5.74, 6) is 1.08. The van der Waals surface area contributed by atoms with Gasteiger partial charge in [0.25, 0.3) is 0 Å². The fourth-order valence-electron chi connectivity index (χ4n) is 1.89. The van der Waals surface area contributed by atoms with E-state index < -0.39 is 0 Å². The number of benzene rings is 1. The largest absolute Gasteiger partial charge is 0.460 e. The second-order valence-corrected chi connectivity index (χ2v) is 3.79. The van der Waals surface area contributed by atoms with Crippen molar-refractivity contribution in [2.45, 2.75) is 27.2 Å². The molecule has 0 N–H and O–H groups in total. The van der Waals surface area contributed by atoms with Gasteiger partial charge in [-0.1, -0.05) is 30.7 Å². The Bertz CT molecular complexity index is 503. The fraction of sp³-hybridized carbons (Fsp3) is 0.286. The minimum absolute atomic E-state index is 0.938. The molecule has 0 aliphatic heterocycles. The molecular formula is C14H16O. The van der Waals surface area contributed by atoms with Gasteiger partial charge in [0, 0.05) is 17.4 Å². The average Bonchev–Trinajstić information content (AvgIpc) is 2.57. The zero-order valence-electron chi connectivity index (χ0n) is 9.50. The van der Waals surface area contributed by atoms with Gasteiger partial charge in [0.15, 0.2) is 0 Å². The molecule has 0 radical (unpaired) electrons. The number of aryl methyl sites for hydroxylation is 2. The maximum atomic E-state index is 5.80. The summed E-state index contributed by atoms with van der Waals surface area (Å²) in [5, 5.41) is 1.23. The molecule has 1 nitrogen and oxygen atoms in total. The molecule has 15 heavy (non-hydrogen) atoms. The quantitative estimate of drug-likeness (QED) is 0.703. The summed E-state index contributed by atoms with van der Waals surface area (Å²) in [6, 6.07) is 6.33. The highest BCUT2D eigenvalue weighted by molar-refractivity contribution is 5.89. The molecule has 0 bridgehead atoms. The van der Waals surface area contributed by atoms with Crippen LogP contribution in [0.4, 0.5) is 0 Å². The second-order valence-electron chi connectivity index (χ2n) is 3.79. The zero-order valence-corrected chi connectivity index (χ0v) is 9.50. The molecule has 0 amide bonds. The second kappa shape index (κ2) is 3.93. The van der Waals surface area contributed by atoms with Crippen molar-refractivity contribution in [3.05, 3.63) is 41.2 Å². The molecule has 0 unspecified atom stereocenters. The van der Waals surface area contributed by atoms with Crippen LogP contribution in [0.1, 0.15) is 30.7 Å². The Balaban J connectivity index is 2.76. The molecule has 0 saturated carbocycles. The van der Waals surface area contributed by atoms with E-state index >= 15 is 0 Å². The van der Waals surface area contributed by atoms with Crippen LogP contribution in [0.15, 0.2) is 28.7 Å². The normalized spacial score (nSPS) is 11.7. The highest BCUT2D eigenvalue weighted by atomic mass is 16.3. The van der Waals surface area contributed by atoms with Gasteiger partial charge in [-0.3, -0.25) is 0 Å². The first-order chi connectivity index (χ1) is 7.26. The van der Waals surface area contributed by atoms with Crippen LogP contribution >= 0.6 is 0 Å². The lowest BCUT2D eigenvalue weighted by molar-refractivity contribution is 0.556. The van der Waals surface area contributed by atoms with Gasteiger partial charge in [0.1, 0.15) is 11.3 Å². The lowest BCUT2D eigenvalue weighted by Crippen LogP contribution is -1.78. The predicted octanol–water partition coefficient (Wildman–Crippen LogP) is 4.34. The lowest BCUT2D eigenvalue weighted by atomic mass is 10.1. The smallest absolute Gasteiger partial charge is 0.134 e. The molecule has 0 aliphatic rings. The van der Waals surface area contributed by atoms with Gasteiger partial charge in [0.2, 0.25) is 0 Å². The number of allylic oxidation sites excluding steroid dienone is 1. The first-order valence-electron chi connectivity index (χ1n) is 5.41. The van der Waals surface area contributed by atoms with Crippen LogP contribution in [-0.4, -0.2) is 0 Å². The number of fused-ring (bicyclic) bond motifs is 1. The van der Waals surface area contributed by atoms with Crippen LogP contribution in [0.3, 0.4) is 0 Å². The van der Waals surface area contributed by atoms with Crippen LogP contribution in [0.5, 0.6) is 0 Å². The Morgan fingerprint density at radius 3 is 2.80 bits per heavy atom. The molecule has 0 fully saturated rings. The van der Waals surface area contributed by atoms with Crippen molar-refractivity contribution in [3.8, 4) is 0 Å². The van der Waals surface area contributed by atoms with Crippen molar-refractivity contribution in [3.63, 3.8) is 0 Å². The van der Waals surface area contributed by atoms with E-state index in [1.54, 1.807) is 0 Å². The third-order valence-corrected chi connectivity index (χ3v) is 2.61. The van der Waals surface area contributed by atoms with E-state index in [2.05, 4.69) is 44.2 Å². The van der Waals surface area contributed by atoms with Crippen molar-refractivity contribution in [2.24, 2.45) is 0 Å². The molecule has 2 aromatic rings. The number of rotatable bonds is 2. The first kappa shape index (κ1) is 10.0. The summed E-state index contributed by atoms with van der Waals surface area (Å²) in [5.41, 5.74) is 3.50. The van der Waals surface area contributed by atoms with Gasteiger partial charge in [-0.2, -0.15) is 0 Å². The van der Waals surface area contributed by atoms with Gasteiger partial charge in [-0.05, 0) is 26.0 Å². The Labute approximate surface area is 90.4 Å². The van der Waals surface area contributed by atoms with Crippen molar-refractivity contribution in [1.82, 2.24) is 0 Å². The molecule has 1 heteroatoms. The van der Waals surface area contributed by atoms with Gasteiger partial charge in [-0.15, -0.1) is 0 Å². The molecule has 0 atom stereocenters. The molecule has 0 aliphatic carbocycles. The topological polar surface area (TPSA) is 13.1 Å². The van der Waals surface area contributed by atoms with Crippen LogP contribution in [0.25, 0.3) is 17.0 Å². The summed E-state index contributed by atoms with van der Waals surface area (Å²) in [6.45, 7) is 6.27. The van der Waals surface area contributed by atoms with Gasteiger partial charge < -0.3 is 4.42 Å². The van der Waals surface area contributed by atoms with E-state index in [-0.39, 0.29) is 0 Å². The van der Waals surface area contributed by atoms with Gasteiger partial charge >= 0.3 is 0 Å². The van der Waals surface area contributed by atoms with E-state index in [9.17, 15) is 0 Å². The zero-order chi connectivity index (χ0) is 10.8. The third-order valence-electron chi connectivity index (χ3n) is 2.61. The van der Waals surface area contributed by atoms with Gasteiger partial charge in [0.05, 0.1) is 0 Å². The van der Waals surface area contributed by atoms with E-state index in [4.69, 9.17) is 4.42 Å². The molecule has 0 spiro atoms. The van der Waals surface area contributed by atoms with Gasteiger partial charge in [-0.25, -0.2) is 0 Å². The molecule has 0 saturated heterocycles. The molecule has 1 aromatic heterocycles. The highest BCUT2D eigenvalue weighted by Crippen LogP contribution is 2.28. The minimum Gasteiger partial charge on any atom is -0.460 e. The van der Waals surface area contributed by atoms with E-state index in [0.29, 0.717) is 0 Å². The van der Waals surface area contributed by atoms with Crippen molar-refractivity contribution < 1.29 is 4.42 Å². The predicted molar refractivity (Wildman–Crippen MR) is 65.0 cm³/mol. The summed E-state index contributed by atoms with van der Waals surface area (Å²) in [4.78, 5) is 0. The van der Waals surface area contributed by atoms with E-state index in [0.717, 1.165) is 17.8 Å². The van der Waals surface area contributed by atoms with Crippen LogP contribution in [0, 0.1) is 6.92 Å². The summed E-state index contributed by atoms with van der Waals surface area (Å²) < 4.78 is 5.80. The maximum absolute atomic E-state index is 5.80. The first-order valence-corrected chi connectivity index (χ1v) is 5.41. The molecule has 78 valence electrons. The van der Waals surface area contributed by atoms with E-state index in [1.165, 1.54) is 16.5 Å². The Morgan fingerprint density at radius 2 is 2.13 bits per heavy atom. The lowest BCUT2D eigenvalue weighted by Gasteiger charge is -1.93. The van der Waals surface area contributed by atoms with Crippen LogP contribution < -0.4 is 0 Å². The number of hydrogen-bond acceptors (Lipinski definition) is 1. The summed E-state index contributed by atoms with van der Waals surface area (Å²) in [7, 11) is 0. The van der Waals surface area contributed by atoms with Crippen molar-refractivity contribution >= 4 is 17.0 Å². The molecule has 1 aromatic carbocycles. The Hall–Kier alpha value is -1.50. The highest BCUT2D eigenvalue weighted by Gasteiger charge is 2.09. The Morgan fingerprint density at radius 1 is 1.33 bits per heavy atom.